The lowest BCUT2D eigenvalue weighted by Crippen LogP contribution is -2.35. The normalized spacial score (nSPS) is 13.1. The minimum Gasteiger partial charge on any atom is -0.449 e. The van der Waals surface area contributed by atoms with Crippen LogP contribution < -0.4 is 5.32 Å². The number of carbonyl (C=O) groups is 3. The molecule has 0 unspecified atom stereocenters. The van der Waals surface area contributed by atoms with Crippen molar-refractivity contribution in [1.82, 2.24) is 5.32 Å². The summed E-state index contributed by atoms with van der Waals surface area (Å²) in [5, 5.41) is 2.65. The molecule has 0 aliphatic heterocycles. The third-order valence-corrected chi connectivity index (χ3v) is 6.63. The second kappa shape index (κ2) is 11.6. The number of amides is 1. The molecule has 0 saturated carbocycles. The van der Waals surface area contributed by atoms with Gasteiger partial charge in [0, 0.05) is 17.6 Å². The smallest absolute Gasteiger partial charge is 0.408 e. The second-order valence-corrected chi connectivity index (χ2v) is 9.22. The molecule has 1 aliphatic rings. The highest BCUT2D eigenvalue weighted by Gasteiger charge is 2.30. The summed E-state index contributed by atoms with van der Waals surface area (Å²) < 4.78 is 11.1. The zero-order valence-electron chi connectivity index (χ0n) is 21.4. The van der Waals surface area contributed by atoms with Crippen molar-refractivity contribution >= 4 is 17.8 Å². The number of fused-ring (bicyclic) bond motifs is 3. The molecule has 4 aromatic rings. The van der Waals surface area contributed by atoms with Gasteiger partial charge in [-0.2, -0.15) is 0 Å². The van der Waals surface area contributed by atoms with Crippen molar-refractivity contribution in [1.29, 1.82) is 0 Å². The Hall–Kier alpha value is -4.97. The molecule has 0 aromatic heterocycles. The van der Waals surface area contributed by atoms with Gasteiger partial charge >= 0.3 is 12.1 Å². The van der Waals surface area contributed by atoms with E-state index in [4.69, 9.17) is 9.47 Å². The van der Waals surface area contributed by atoms with Crippen LogP contribution in [0.5, 0.6) is 0 Å². The molecular weight excluding hydrogens is 490 g/mol. The fourth-order valence-electron chi connectivity index (χ4n) is 4.80. The van der Waals surface area contributed by atoms with Gasteiger partial charge in [0.1, 0.15) is 12.4 Å². The van der Waals surface area contributed by atoms with E-state index in [-0.39, 0.29) is 24.1 Å². The van der Waals surface area contributed by atoms with Gasteiger partial charge in [-0.3, -0.25) is 4.79 Å². The number of hydrogen-bond acceptors (Lipinski definition) is 5. The van der Waals surface area contributed by atoms with Gasteiger partial charge in [0.2, 0.25) is 0 Å². The highest BCUT2D eigenvalue weighted by Crippen LogP contribution is 2.44. The van der Waals surface area contributed by atoms with Crippen molar-refractivity contribution < 1.29 is 23.9 Å². The summed E-state index contributed by atoms with van der Waals surface area (Å²) in [5.74, 6) is -1.02. The summed E-state index contributed by atoms with van der Waals surface area (Å²) in [4.78, 5) is 38.6. The Bertz CT molecular complexity index is 1480. The number of nitrogens with one attached hydrogen (secondary N) is 1. The van der Waals surface area contributed by atoms with E-state index in [0.29, 0.717) is 11.1 Å². The van der Waals surface area contributed by atoms with Crippen molar-refractivity contribution in [3.05, 3.63) is 143 Å². The summed E-state index contributed by atoms with van der Waals surface area (Å²) in [6, 6.07) is 32.4. The lowest BCUT2D eigenvalue weighted by Gasteiger charge is -2.19. The Morgan fingerprint density at radius 2 is 1.31 bits per heavy atom. The predicted molar refractivity (Wildman–Crippen MR) is 148 cm³/mol. The summed E-state index contributed by atoms with van der Waals surface area (Å²) >= 11 is 0. The zero-order chi connectivity index (χ0) is 27.2. The van der Waals surface area contributed by atoms with Crippen LogP contribution in [0, 0.1) is 0 Å². The van der Waals surface area contributed by atoms with E-state index in [1.165, 1.54) is 13.0 Å². The maximum absolute atomic E-state index is 13.2. The van der Waals surface area contributed by atoms with Gasteiger partial charge in [-0.15, -0.1) is 0 Å². The number of rotatable bonds is 8. The molecule has 1 amide bonds. The number of ketones is 1. The number of allylic oxidation sites excluding steroid dienone is 2. The molecule has 0 heterocycles. The Labute approximate surface area is 226 Å². The molecule has 0 fully saturated rings. The Morgan fingerprint density at radius 1 is 0.769 bits per heavy atom. The first-order chi connectivity index (χ1) is 19.0. The molecule has 5 rings (SSSR count). The molecule has 0 spiro atoms. The lowest BCUT2D eigenvalue weighted by atomic mass is 9.98. The summed E-state index contributed by atoms with van der Waals surface area (Å²) in [5.41, 5.74) is 5.44. The van der Waals surface area contributed by atoms with Gasteiger partial charge in [0.25, 0.3) is 0 Å². The summed E-state index contributed by atoms with van der Waals surface area (Å²) in [7, 11) is 0. The van der Waals surface area contributed by atoms with Crippen LogP contribution in [-0.4, -0.2) is 24.5 Å². The molecule has 1 N–H and O–H groups in total. The monoisotopic (exact) mass is 517 g/mol. The van der Waals surface area contributed by atoms with Gasteiger partial charge < -0.3 is 14.8 Å². The first kappa shape index (κ1) is 25.7. The standard InChI is InChI=1S/C33H27NO5/c1-22(20-30(35)23-12-4-2-5-13-23)39-32(36)31(24-14-6-3-7-15-24)34-33(37)38-21-29-27-18-10-8-16-25(27)26-17-9-11-19-28(26)29/h2-20,29,31H,21H2,1H3,(H,34,37)/b22-20+/t31-/m0/s1. The van der Waals surface area contributed by atoms with Gasteiger partial charge in [0.05, 0.1) is 0 Å². The average Bonchev–Trinajstić information content (AvgIpc) is 3.29. The van der Waals surface area contributed by atoms with Crippen molar-refractivity contribution in [2.45, 2.75) is 18.9 Å². The van der Waals surface area contributed by atoms with Gasteiger partial charge in [0.15, 0.2) is 11.8 Å². The number of hydrogen-bond donors (Lipinski definition) is 1. The predicted octanol–water partition coefficient (Wildman–Crippen LogP) is 6.60. The van der Waals surface area contributed by atoms with E-state index in [2.05, 4.69) is 17.4 Å². The van der Waals surface area contributed by atoms with E-state index in [0.717, 1.165) is 22.3 Å². The highest BCUT2D eigenvalue weighted by atomic mass is 16.6. The number of ether oxygens (including phenoxy) is 2. The third kappa shape index (κ3) is 5.80. The molecule has 4 aromatic carbocycles. The van der Waals surface area contributed by atoms with Crippen LogP contribution in [0.15, 0.2) is 121 Å². The first-order valence-electron chi connectivity index (χ1n) is 12.7. The van der Waals surface area contributed by atoms with Gasteiger partial charge in [-0.25, -0.2) is 9.59 Å². The van der Waals surface area contributed by atoms with E-state index in [1.807, 2.05) is 48.5 Å². The molecule has 0 radical (unpaired) electrons. The average molecular weight is 518 g/mol. The second-order valence-electron chi connectivity index (χ2n) is 9.22. The van der Waals surface area contributed by atoms with E-state index >= 15 is 0 Å². The Morgan fingerprint density at radius 3 is 1.92 bits per heavy atom. The van der Waals surface area contributed by atoms with Gasteiger partial charge in [-0.1, -0.05) is 109 Å². The fourth-order valence-corrected chi connectivity index (χ4v) is 4.80. The number of alkyl carbamates (subject to hydrolysis) is 1. The molecule has 1 aliphatic carbocycles. The lowest BCUT2D eigenvalue weighted by molar-refractivity contribution is -0.141. The highest BCUT2D eigenvalue weighted by molar-refractivity contribution is 6.04. The summed E-state index contributed by atoms with van der Waals surface area (Å²) in [6.07, 6.45) is 0.507. The fraction of sp³-hybridized carbons (Fsp3) is 0.121. The van der Waals surface area contributed by atoms with Crippen LogP contribution in [0.2, 0.25) is 0 Å². The Kier molecular flexibility index (Phi) is 7.64. The molecule has 1 atom stereocenters. The number of benzene rings is 4. The van der Waals surface area contributed by atoms with Crippen LogP contribution in [0.3, 0.4) is 0 Å². The molecule has 6 heteroatoms. The van der Waals surface area contributed by atoms with Crippen LogP contribution >= 0.6 is 0 Å². The molecule has 0 saturated heterocycles. The van der Waals surface area contributed by atoms with Crippen LogP contribution in [0.4, 0.5) is 4.79 Å². The van der Waals surface area contributed by atoms with Crippen LogP contribution in [-0.2, 0) is 14.3 Å². The number of carbonyl (C=O) groups excluding carboxylic acids is 3. The van der Waals surface area contributed by atoms with Crippen LogP contribution in [0.25, 0.3) is 11.1 Å². The van der Waals surface area contributed by atoms with Crippen molar-refractivity contribution in [2.24, 2.45) is 0 Å². The van der Waals surface area contributed by atoms with E-state index in [9.17, 15) is 14.4 Å². The first-order valence-corrected chi connectivity index (χ1v) is 12.7. The maximum atomic E-state index is 13.2. The molecule has 39 heavy (non-hydrogen) atoms. The molecular formula is C33H27NO5. The molecule has 0 bridgehead atoms. The van der Waals surface area contributed by atoms with E-state index in [1.54, 1.807) is 48.5 Å². The topological polar surface area (TPSA) is 81.7 Å². The van der Waals surface area contributed by atoms with Crippen molar-refractivity contribution in [2.75, 3.05) is 6.61 Å². The minimum absolute atomic E-state index is 0.112. The van der Waals surface area contributed by atoms with Crippen molar-refractivity contribution in [3.63, 3.8) is 0 Å². The van der Waals surface area contributed by atoms with Crippen molar-refractivity contribution in [3.8, 4) is 11.1 Å². The summed E-state index contributed by atoms with van der Waals surface area (Å²) in [6.45, 7) is 1.63. The van der Waals surface area contributed by atoms with E-state index < -0.39 is 18.1 Å². The number of esters is 1. The SMILES string of the molecule is C/C(=C\C(=O)c1ccccc1)OC(=O)[C@@H](NC(=O)OCC1c2ccccc2-c2ccccc21)c1ccccc1. The molecule has 6 nitrogen and oxygen atoms in total. The largest absolute Gasteiger partial charge is 0.449 e. The minimum atomic E-state index is -1.13. The zero-order valence-corrected chi connectivity index (χ0v) is 21.4. The quantitative estimate of drug-likeness (QED) is 0.123. The molecule has 194 valence electrons. The Balaban J connectivity index is 1.28. The van der Waals surface area contributed by atoms with Crippen LogP contribution in [0.1, 0.15) is 45.9 Å². The third-order valence-electron chi connectivity index (χ3n) is 6.63. The van der Waals surface area contributed by atoms with Gasteiger partial charge in [-0.05, 0) is 34.7 Å². The maximum Gasteiger partial charge on any atom is 0.408 e.